The molecule has 0 saturated carbocycles. The van der Waals surface area contributed by atoms with E-state index < -0.39 is 0 Å². The second kappa shape index (κ2) is 9.21. The fraction of sp³-hybridized carbons (Fsp3) is 0.333. The Morgan fingerprint density at radius 3 is 2.54 bits per heavy atom. The first-order chi connectivity index (χ1) is 13.5. The van der Waals surface area contributed by atoms with Crippen molar-refractivity contribution in [3.63, 3.8) is 0 Å². The highest BCUT2D eigenvalue weighted by atomic mass is 32.1. The first-order valence-corrected chi connectivity index (χ1v) is 10.8. The number of aromatic nitrogens is 1. The van der Waals surface area contributed by atoms with E-state index in [0.29, 0.717) is 6.54 Å². The second-order valence-corrected chi connectivity index (χ2v) is 8.58. The van der Waals surface area contributed by atoms with Gasteiger partial charge in [-0.25, -0.2) is 0 Å². The molecule has 0 spiro atoms. The summed E-state index contributed by atoms with van der Waals surface area (Å²) in [4.78, 5) is 28.2. The largest absolute Gasteiger partial charge is 0.497 e. The molecule has 0 aliphatic heterocycles. The maximum atomic E-state index is 13.2. The summed E-state index contributed by atoms with van der Waals surface area (Å²) in [5.41, 5.74) is 1.85. The van der Waals surface area contributed by atoms with Gasteiger partial charge >= 0.3 is 4.87 Å². The van der Waals surface area contributed by atoms with Crippen LogP contribution in [-0.4, -0.2) is 28.5 Å². The molecule has 1 unspecified atom stereocenters. The standard InChI is InChI=1S/C21H24N2O3S2/c1-15(11-19-5-4-10-27-19)22(12-17-6-8-18(26-3)9-7-17)20(24)13-23-16(2)14-28-21(23)25/h4-10,14-15H,11-13H2,1-3H3. The van der Waals surface area contributed by atoms with E-state index in [-0.39, 0.29) is 23.4 Å². The van der Waals surface area contributed by atoms with Gasteiger partial charge in [0.05, 0.1) is 7.11 Å². The molecule has 0 N–H and O–H groups in total. The van der Waals surface area contributed by atoms with E-state index in [1.165, 1.54) is 4.88 Å². The van der Waals surface area contributed by atoms with Crippen LogP contribution < -0.4 is 9.61 Å². The summed E-state index contributed by atoms with van der Waals surface area (Å²) in [6, 6.07) is 11.9. The Bertz CT molecular complexity index is 958. The van der Waals surface area contributed by atoms with Crippen LogP contribution in [0.1, 0.15) is 23.1 Å². The lowest BCUT2D eigenvalue weighted by molar-refractivity contribution is -0.134. The van der Waals surface area contributed by atoms with Crippen LogP contribution in [0.4, 0.5) is 0 Å². The number of thiazole rings is 1. The molecule has 1 atom stereocenters. The van der Waals surface area contributed by atoms with Gasteiger partial charge < -0.3 is 9.64 Å². The molecule has 3 rings (SSSR count). The maximum absolute atomic E-state index is 13.2. The highest BCUT2D eigenvalue weighted by Crippen LogP contribution is 2.19. The molecule has 0 bridgehead atoms. The Balaban J connectivity index is 1.81. The van der Waals surface area contributed by atoms with E-state index in [9.17, 15) is 9.59 Å². The molecule has 0 radical (unpaired) electrons. The summed E-state index contributed by atoms with van der Waals surface area (Å²) in [5.74, 6) is 0.734. The zero-order valence-electron chi connectivity index (χ0n) is 16.3. The molecular formula is C21H24N2O3S2. The zero-order chi connectivity index (χ0) is 20.1. The number of benzene rings is 1. The zero-order valence-corrected chi connectivity index (χ0v) is 17.9. The molecule has 7 heteroatoms. The molecule has 2 aromatic heterocycles. The number of hydrogen-bond donors (Lipinski definition) is 0. The third-order valence-electron chi connectivity index (χ3n) is 4.71. The van der Waals surface area contributed by atoms with Crippen molar-refractivity contribution in [2.75, 3.05) is 7.11 Å². The lowest BCUT2D eigenvalue weighted by atomic mass is 10.1. The van der Waals surface area contributed by atoms with Crippen molar-refractivity contribution in [1.82, 2.24) is 9.47 Å². The highest BCUT2D eigenvalue weighted by molar-refractivity contribution is 7.09. The minimum Gasteiger partial charge on any atom is -0.497 e. The maximum Gasteiger partial charge on any atom is 0.307 e. The molecule has 28 heavy (non-hydrogen) atoms. The number of ether oxygens (including phenoxy) is 1. The predicted octanol–water partition coefficient (Wildman–Crippen LogP) is 3.95. The molecule has 1 amide bonds. The molecule has 3 aromatic rings. The number of rotatable bonds is 8. The van der Waals surface area contributed by atoms with Crippen LogP contribution in [0.5, 0.6) is 5.75 Å². The van der Waals surface area contributed by atoms with Gasteiger partial charge in [0, 0.05) is 35.0 Å². The summed E-state index contributed by atoms with van der Waals surface area (Å²) in [6.07, 6.45) is 0.789. The molecule has 0 aliphatic carbocycles. The summed E-state index contributed by atoms with van der Waals surface area (Å²) in [5, 5.41) is 3.84. The smallest absolute Gasteiger partial charge is 0.307 e. The minimum atomic E-state index is -0.0962. The van der Waals surface area contributed by atoms with E-state index in [4.69, 9.17) is 4.74 Å². The van der Waals surface area contributed by atoms with Gasteiger partial charge in [0.1, 0.15) is 12.3 Å². The van der Waals surface area contributed by atoms with Crippen LogP contribution in [0.2, 0.25) is 0 Å². The van der Waals surface area contributed by atoms with Crippen LogP contribution in [0.25, 0.3) is 0 Å². The van der Waals surface area contributed by atoms with Crippen molar-refractivity contribution < 1.29 is 9.53 Å². The molecule has 2 heterocycles. The van der Waals surface area contributed by atoms with Crippen molar-refractivity contribution in [3.05, 3.63) is 73.0 Å². The fourth-order valence-corrected chi connectivity index (χ4v) is 4.63. The van der Waals surface area contributed by atoms with E-state index in [1.807, 2.05) is 47.5 Å². The Labute approximate surface area is 172 Å². The number of carbonyl (C=O) groups excluding carboxylic acids is 1. The molecule has 5 nitrogen and oxygen atoms in total. The molecule has 148 valence electrons. The third kappa shape index (κ3) is 4.91. The van der Waals surface area contributed by atoms with Gasteiger partial charge in [-0.3, -0.25) is 14.2 Å². The van der Waals surface area contributed by atoms with Gasteiger partial charge in [-0.15, -0.1) is 11.3 Å². The number of aryl methyl sites for hydroxylation is 1. The summed E-state index contributed by atoms with van der Waals surface area (Å²) in [7, 11) is 1.63. The first kappa shape index (κ1) is 20.4. The number of carbonyl (C=O) groups is 1. The topological polar surface area (TPSA) is 51.5 Å². The molecule has 0 saturated heterocycles. The third-order valence-corrected chi connectivity index (χ3v) is 6.49. The summed E-state index contributed by atoms with van der Waals surface area (Å²) < 4.78 is 6.77. The lowest BCUT2D eigenvalue weighted by Gasteiger charge is -2.30. The highest BCUT2D eigenvalue weighted by Gasteiger charge is 2.22. The second-order valence-electron chi connectivity index (χ2n) is 6.73. The molecule has 1 aromatic carbocycles. The van der Waals surface area contributed by atoms with Crippen molar-refractivity contribution in [1.29, 1.82) is 0 Å². The molecule has 0 aliphatic rings. The number of thiophene rings is 1. The predicted molar refractivity (Wildman–Crippen MR) is 114 cm³/mol. The average Bonchev–Trinajstić information content (AvgIpc) is 3.31. The quantitative estimate of drug-likeness (QED) is 0.559. The first-order valence-electron chi connectivity index (χ1n) is 9.07. The average molecular weight is 417 g/mol. The van der Waals surface area contributed by atoms with E-state index in [2.05, 4.69) is 13.0 Å². The number of methoxy groups -OCH3 is 1. The van der Waals surface area contributed by atoms with Crippen LogP contribution in [0.3, 0.4) is 0 Å². The fourth-order valence-electron chi connectivity index (χ4n) is 3.07. The van der Waals surface area contributed by atoms with Crippen molar-refractivity contribution in [2.24, 2.45) is 0 Å². The van der Waals surface area contributed by atoms with Crippen molar-refractivity contribution in [2.45, 2.75) is 39.4 Å². The van der Waals surface area contributed by atoms with E-state index in [1.54, 1.807) is 28.4 Å². The SMILES string of the molecule is COc1ccc(CN(C(=O)Cn2c(C)csc2=O)C(C)Cc2cccs2)cc1. The van der Waals surface area contributed by atoms with Crippen LogP contribution in [0.15, 0.2) is 52.0 Å². The number of nitrogens with zero attached hydrogens (tertiary/aromatic N) is 2. The monoisotopic (exact) mass is 416 g/mol. The van der Waals surface area contributed by atoms with Crippen LogP contribution in [0, 0.1) is 6.92 Å². The van der Waals surface area contributed by atoms with Crippen LogP contribution in [-0.2, 0) is 24.3 Å². The van der Waals surface area contributed by atoms with Gasteiger partial charge in [0.15, 0.2) is 0 Å². The number of amides is 1. The normalized spacial score (nSPS) is 12.0. The Hall–Kier alpha value is -2.38. The Morgan fingerprint density at radius 2 is 1.96 bits per heavy atom. The molecular weight excluding hydrogens is 392 g/mol. The summed E-state index contributed by atoms with van der Waals surface area (Å²) in [6.45, 7) is 4.48. The van der Waals surface area contributed by atoms with Crippen molar-refractivity contribution >= 4 is 28.6 Å². The van der Waals surface area contributed by atoms with Gasteiger partial charge in [0.2, 0.25) is 5.91 Å². The van der Waals surface area contributed by atoms with Crippen LogP contribution >= 0.6 is 22.7 Å². The van der Waals surface area contributed by atoms with Gasteiger partial charge in [0.25, 0.3) is 0 Å². The number of hydrogen-bond acceptors (Lipinski definition) is 5. The van der Waals surface area contributed by atoms with Crippen molar-refractivity contribution in [3.8, 4) is 5.75 Å². The van der Waals surface area contributed by atoms with Gasteiger partial charge in [-0.2, -0.15) is 0 Å². The Kier molecular flexibility index (Phi) is 6.70. The Morgan fingerprint density at radius 1 is 1.21 bits per heavy atom. The van der Waals surface area contributed by atoms with E-state index in [0.717, 1.165) is 34.8 Å². The van der Waals surface area contributed by atoms with Gasteiger partial charge in [-0.05, 0) is 43.0 Å². The molecule has 0 fully saturated rings. The lowest BCUT2D eigenvalue weighted by Crippen LogP contribution is -2.42. The van der Waals surface area contributed by atoms with E-state index >= 15 is 0 Å². The van der Waals surface area contributed by atoms with Gasteiger partial charge in [-0.1, -0.05) is 29.5 Å². The minimum absolute atomic E-state index is 0.0166. The summed E-state index contributed by atoms with van der Waals surface area (Å²) >= 11 is 2.82.